The van der Waals surface area contributed by atoms with Crippen LogP contribution in [0.4, 0.5) is 18.9 Å². The summed E-state index contributed by atoms with van der Waals surface area (Å²) in [6.45, 7) is 2.28. The monoisotopic (exact) mass is 390 g/mol. The zero-order valence-corrected chi connectivity index (χ0v) is 15.4. The smallest absolute Gasteiger partial charge is 0.406 e. The molecule has 1 saturated carbocycles. The molecule has 0 spiro atoms. The van der Waals surface area contributed by atoms with E-state index in [4.69, 9.17) is 0 Å². The van der Waals surface area contributed by atoms with E-state index in [1.54, 1.807) is 10.5 Å². The molecule has 3 aromatic rings. The lowest BCUT2D eigenvalue weighted by atomic mass is 9.87. The second-order valence-corrected chi connectivity index (χ2v) is 7.35. The summed E-state index contributed by atoms with van der Waals surface area (Å²) in [7, 11) is 0. The van der Waals surface area contributed by atoms with Crippen molar-refractivity contribution in [2.45, 2.75) is 45.0 Å². The zero-order chi connectivity index (χ0) is 19.7. The molecule has 8 heteroatoms. The van der Waals surface area contributed by atoms with Crippen molar-refractivity contribution in [2.24, 2.45) is 5.92 Å². The van der Waals surface area contributed by atoms with E-state index in [0.29, 0.717) is 23.1 Å². The van der Waals surface area contributed by atoms with E-state index >= 15 is 0 Å². The summed E-state index contributed by atoms with van der Waals surface area (Å²) in [5.41, 5.74) is 2.06. The molecule has 2 aromatic heterocycles. The fraction of sp³-hybridized carbons (Fsp3) is 0.400. The molecule has 0 saturated heterocycles. The summed E-state index contributed by atoms with van der Waals surface area (Å²) >= 11 is 0. The Kier molecular flexibility index (Phi) is 4.87. The molecule has 1 aliphatic rings. The molecule has 1 aliphatic carbocycles. The first kappa shape index (κ1) is 18.6. The first-order chi connectivity index (χ1) is 13.4. The Morgan fingerprint density at radius 3 is 2.61 bits per heavy atom. The maximum atomic E-state index is 12.5. The summed E-state index contributed by atoms with van der Waals surface area (Å²) in [4.78, 5) is 0. The van der Waals surface area contributed by atoms with E-state index in [2.05, 4.69) is 27.2 Å². The normalized spacial score (nSPS) is 20.3. The lowest BCUT2D eigenvalue weighted by Crippen LogP contribution is -2.25. The number of anilines is 1. The van der Waals surface area contributed by atoms with Crippen LogP contribution >= 0.6 is 0 Å². The van der Waals surface area contributed by atoms with Crippen LogP contribution in [-0.4, -0.2) is 27.0 Å². The second-order valence-electron chi connectivity index (χ2n) is 7.35. The summed E-state index contributed by atoms with van der Waals surface area (Å²) in [5.74, 6) is 0.951. The average molecular weight is 390 g/mol. The van der Waals surface area contributed by atoms with Crippen LogP contribution in [0.25, 0.3) is 17.0 Å². The molecule has 0 aliphatic heterocycles. The molecule has 5 nitrogen and oxygen atoms in total. The van der Waals surface area contributed by atoms with Gasteiger partial charge in [0.25, 0.3) is 0 Å². The second kappa shape index (κ2) is 7.33. The van der Waals surface area contributed by atoms with Gasteiger partial charge in [-0.15, -0.1) is 23.4 Å². The van der Waals surface area contributed by atoms with Gasteiger partial charge in [-0.2, -0.15) is 0 Å². The first-order valence-corrected chi connectivity index (χ1v) is 9.35. The van der Waals surface area contributed by atoms with Gasteiger partial charge >= 0.3 is 6.36 Å². The van der Waals surface area contributed by atoms with Gasteiger partial charge in [-0.05, 0) is 55.9 Å². The van der Waals surface area contributed by atoms with Gasteiger partial charge in [-0.3, -0.25) is 4.40 Å². The number of hydrogen-bond donors (Lipinski definition) is 1. The quantitative estimate of drug-likeness (QED) is 0.658. The molecule has 0 bridgehead atoms. The van der Waals surface area contributed by atoms with Crippen molar-refractivity contribution in [1.29, 1.82) is 0 Å². The van der Waals surface area contributed by atoms with E-state index in [9.17, 15) is 13.2 Å². The number of nitrogens with zero attached hydrogens (tertiary/aromatic N) is 3. The summed E-state index contributed by atoms with van der Waals surface area (Å²) < 4.78 is 43.3. The van der Waals surface area contributed by atoms with Gasteiger partial charge < -0.3 is 10.1 Å². The van der Waals surface area contributed by atoms with E-state index in [1.807, 2.05) is 18.3 Å². The third-order valence-corrected chi connectivity index (χ3v) is 5.11. The molecule has 0 atom stereocenters. The van der Waals surface area contributed by atoms with E-state index in [0.717, 1.165) is 24.4 Å². The SMILES string of the molecule is CC1CCC(Nc2ccc3nnc(-c4cccc(OC(F)(F)F)c4)n3c2)CC1. The fourth-order valence-electron chi connectivity index (χ4n) is 3.65. The van der Waals surface area contributed by atoms with Crippen molar-refractivity contribution in [2.75, 3.05) is 5.32 Å². The van der Waals surface area contributed by atoms with Crippen LogP contribution in [0.5, 0.6) is 5.75 Å². The molecular weight excluding hydrogens is 369 g/mol. The van der Waals surface area contributed by atoms with Crippen LogP contribution < -0.4 is 10.1 Å². The molecule has 0 amide bonds. The Balaban J connectivity index is 1.61. The molecule has 2 heterocycles. The van der Waals surface area contributed by atoms with Crippen molar-refractivity contribution in [3.8, 4) is 17.1 Å². The standard InChI is InChI=1S/C20H21F3N4O/c1-13-5-7-15(8-6-13)24-16-9-10-18-25-26-19(27(18)12-16)14-3-2-4-17(11-14)28-20(21,22)23/h2-4,9-13,15,24H,5-8H2,1H3. The predicted molar refractivity (Wildman–Crippen MR) is 100 cm³/mol. The topological polar surface area (TPSA) is 51.5 Å². The lowest BCUT2D eigenvalue weighted by Gasteiger charge is -2.27. The summed E-state index contributed by atoms with van der Waals surface area (Å²) in [6.07, 6.45) is 1.84. The minimum absolute atomic E-state index is 0.285. The van der Waals surface area contributed by atoms with Crippen molar-refractivity contribution in [3.63, 3.8) is 0 Å². The van der Waals surface area contributed by atoms with Crippen molar-refractivity contribution < 1.29 is 17.9 Å². The van der Waals surface area contributed by atoms with E-state index in [1.165, 1.54) is 31.0 Å². The molecule has 1 aromatic carbocycles. The third kappa shape index (κ3) is 4.21. The van der Waals surface area contributed by atoms with Crippen molar-refractivity contribution >= 4 is 11.3 Å². The van der Waals surface area contributed by atoms with Gasteiger partial charge in [0.1, 0.15) is 5.75 Å². The highest BCUT2D eigenvalue weighted by Crippen LogP contribution is 2.29. The van der Waals surface area contributed by atoms with Crippen LogP contribution in [0.1, 0.15) is 32.6 Å². The summed E-state index contributed by atoms with van der Waals surface area (Å²) in [5, 5.41) is 11.8. The number of fused-ring (bicyclic) bond motifs is 1. The highest BCUT2D eigenvalue weighted by atomic mass is 19.4. The van der Waals surface area contributed by atoms with Gasteiger partial charge in [0.05, 0.1) is 5.69 Å². The molecule has 1 fully saturated rings. The maximum absolute atomic E-state index is 12.5. The highest BCUT2D eigenvalue weighted by Gasteiger charge is 2.31. The minimum Gasteiger partial charge on any atom is -0.406 e. The van der Waals surface area contributed by atoms with E-state index < -0.39 is 6.36 Å². The van der Waals surface area contributed by atoms with Crippen LogP contribution in [0.15, 0.2) is 42.6 Å². The van der Waals surface area contributed by atoms with Crippen LogP contribution in [0, 0.1) is 5.92 Å². The first-order valence-electron chi connectivity index (χ1n) is 9.35. The number of halogens is 3. The highest BCUT2D eigenvalue weighted by molar-refractivity contribution is 5.63. The predicted octanol–water partition coefficient (Wildman–Crippen LogP) is 5.29. The number of hydrogen-bond acceptors (Lipinski definition) is 4. The van der Waals surface area contributed by atoms with Crippen LogP contribution in [-0.2, 0) is 0 Å². The Morgan fingerprint density at radius 1 is 1.07 bits per heavy atom. The molecular formula is C20H21F3N4O. The van der Waals surface area contributed by atoms with Gasteiger partial charge in [-0.1, -0.05) is 19.1 Å². The largest absolute Gasteiger partial charge is 0.573 e. The van der Waals surface area contributed by atoms with Crippen molar-refractivity contribution in [1.82, 2.24) is 14.6 Å². The number of ether oxygens (including phenoxy) is 1. The Bertz CT molecular complexity index is 961. The average Bonchev–Trinajstić information content (AvgIpc) is 3.06. The minimum atomic E-state index is -4.74. The Labute approximate surface area is 160 Å². The molecule has 28 heavy (non-hydrogen) atoms. The molecule has 0 radical (unpaired) electrons. The third-order valence-electron chi connectivity index (χ3n) is 5.11. The van der Waals surface area contributed by atoms with Gasteiger partial charge in [0.15, 0.2) is 11.5 Å². The number of rotatable bonds is 4. The van der Waals surface area contributed by atoms with Gasteiger partial charge in [0, 0.05) is 17.8 Å². The number of alkyl halides is 3. The fourth-order valence-corrected chi connectivity index (χ4v) is 3.65. The molecule has 0 unspecified atom stereocenters. The molecule has 1 N–H and O–H groups in total. The number of pyridine rings is 1. The zero-order valence-electron chi connectivity index (χ0n) is 15.4. The maximum Gasteiger partial charge on any atom is 0.573 e. The number of aromatic nitrogens is 3. The summed E-state index contributed by atoms with van der Waals surface area (Å²) in [6, 6.07) is 9.99. The number of benzene rings is 1. The van der Waals surface area contributed by atoms with Gasteiger partial charge in [-0.25, -0.2) is 0 Å². The van der Waals surface area contributed by atoms with E-state index in [-0.39, 0.29) is 5.75 Å². The lowest BCUT2D eigenvalue weighted by molar-refractivity contribution is -0.274. The Hall–Kier alpha value is -2.77. The molecule has 4 rings (SSSR count). The van der Waals surface area contributed by atoms with Gasteiger partial charge in [0.2, 0.25) is 0 Å². The van der Waals surface area contributed by atoms with Crippen LogP contribution in [0.3, 0.4) is 0 Å². The number of nitrogens with one attached hydrogen (secondary N) is 1. The van der Waals surface area contributed by atoms with Crippen LogP contribution in [0.2, 0.25) is 0 Å². The molecule has 148 valence electrons. The van der Waals surface area contributed by atoms with Crippen molar-refractivity contribution in [3.05, 3.63) is 42.6 Å². The Morgan fingerprint density at radius 2 is 1.86 bits per heavy atom.